The molecule has 21 heavy (non-hydrogen) atoms. The standard InChI is InChI=1S/C18H19NO2/c1-19-12-11-13-5-3-4-6-16(13)17(18(19)20)14-7-9-15(21-2)10-8-14/h3-10,17H,11-12H2,1-2H3/t17-/m0/s1. The van der Waals surface area contributed by atoms with E-state index in [1.165, 1.54) is 5.56 Å². The van der Waals surface area contributed by atoms with Crippen molar-refractivity contribution < 1.29 is 9.53 Å². The van der Waals surface area contributed by atoms with Crippen molar-refractivity contribution in [3.63, 3.8) is 0 Å². The van der Waals surface area contributed by atoms with E-state index < -0.39 is 0 Å². The molecule has 1 atom stereocenters. The molecule has 108 valence electrons. The predicted molar refractivity (Wildman–Crippen MR) is 82.6 cm³/mol. The first-order valence-corrected chi connectivity index (χ1v) is 7.17. The van der Waals surface area contributed by atoms with Gasteiger partial charge in [0, 0.05) is 13.6 Å². The van der Waals surface area contributed by atoms with Crippen LogP contribution in [0.4, 0.5) is 0 Å². The summed E-state index contributed by atoms with van der Waals surface area (Å²) >= 11 is 0. The summed E-state index contributed by atoms with van der Waals surface area (Å²) in [6.45, 7) is 0.766. The Morgan fingerprint density at radius 1 is 1.10 bits per heavy atom. The van der Waals surface area contributed by atoms with Gasteiger partial charge in [-0.1, -0.05) is 36.4 Å². The fourth-order valence-corrected chi connectivity index (χ4v) is 2.91. The lowest BCUT2D eigenvalue weighted by molar-refractivity contribution is -0.130. The van der Waals surface area contributed by atoms with Crippen molar-refractivity contribution >= 4 is 5.91 Å². The van der Waals surface area contributed by atoms with Gasteiger partial charge in [-0.2, -0.15) is 0 Å². The number of nitrogens with zero attached hydrogens (tertiary/aromatic N) is 1. The SMILES string of the molecule is COc1ccc([C@@H]2C(=O)N(C)CCc3ccccc32)cc1. The molecule has 0 N–H and O–H groups in total. The highest BCUT2D eigenvalue weighted by molar-refractivity contribution is 5.88. The molecule has 0 radical (unpaired) electrons. The van der Waals surface area contributed by atoms with Crippen molar-refractivity contribution in [2.75, 3.05) is 20.7 Å². The van der Waals surface area contributed by atoms with Gasteiger partial charge < -0.3 is 9.64 Å². The van der Waals surface area contributed by atoms with Crippen LogP contribution in [0.25, 0.3) is 0 Å². The number of likely N-dealkylation sites (N-methyl/N-ethyl adjacent to an activating group) is 1. The minimum atomic E-state index is -0.223. The molecular formula is C18H19NO2. The molecule has 0 aromatic heterocycles. The Balaban J connectivity index is 2.09. The molecule has 0 aliphatic carbocycles. The van der Waals surface area contributed by atoms with E-state index in [4.69, 9.17) is 4.74 Å². The molecular weight excluding hydrogens is 262 g/mol. The largest absolute Gasteiger partial charge is 0.497 e. The summed E-state index contributed by atoms with van der Waals surface area (Å²) in [5.41, 5.74) is 3.40. The first-order valence-electron chi connectivity index (χ1n) is 7.17. The van der Waals surface area contributed by atoms with Crippen LogP contribution < -0.4 is 4.74 Å². The fourth-order valence-electron chi connectivity index (χ4n) is 2.91. The Bertz CT molecular complexity index is 649. The summed E-state index contributed by atoms with van der Waals surface area (Å²) < 4.78 is 5.20. The van der Waals surface area contributed by atoms with Crippen LogP contribution in [0.3, 0.4) is 0 Å². The zero-order valence-electron chi connectivity index (χ0n) is 12.4. The van der Waals surface area contributed by atoms with E-state index in [0.717, 1.165) is 29.8 Å². The first-order chi connectivity index (χ1) is 10.2. The number of carbonyl (C=O) groups excluding carboxylic acids is 1. The highest BCUT2D eigenvalue weighted by atomic mass is 16.5. The second-order valence-electron chi connectivity index (χ2n) is 5.41. The van der Waals surface area contributed by atoms with Gasteiger partial charge in [0.2, 0.25) is 5.91 Å². The van der Waals surface area contributed by atoms with E-state index in [1.807, 2.05) is 48.3 Å². The summed E-state index contributed by atoms with van der Waals surface area (Å²) in [6, 6.07) is 16.0. The van der Waals surface area contributed by atoms with Crippen molar-refractivity contribution in [1.29, 1.82) is 0 Å². The monoisotopic (exact) mass is 281 g/mol. The fraction of sp³-hybridized carbons (Fsp3) is 0.278. The van der Waals surface area contributed by atoms with Crippen LogP contribution in [0.2, 0.25) is 0 Å². The van der Waals surface area contributed by atoms with Crippen molar-refractivity contribution in [2.24, 2.45) is 0 Å². The smallest absolute Gasteiger partial charge is 0.234 e. The number of rotatable bonds is 2. The quantitative estimate of drug-likeness (QED) is 0.847. The maximum atomic E-state index is 12.8. The van der Waals surface area contributed by atoms with Gasteiger partial charge in [-0.05, 0) is 35.2 Å². The number of hydrogen-bond donors (Lipinski definition) is 0. The van der Waals surface area contributed by atoms with Crippen LogP contribution in [-0.4, -0.2) is 31.5 Å². The normalized spacial score (nSPS) is 18.1. The number of benzene rings is 2. The number of ether oxygens (including phenoxy) is 1. The summed E-state index contributed by atoms with van der Waals surface area (Å²) in [5.74, 6) is 0.742. The second-order valence-corrected chi connectivity index (χ2v) is 5.41. The molecule has 1 aliphatic rings. The lowest BCUT2D eigenvalue weighted by Gasteiger charge is -2.21. The number of amides is 1. The van der Waals surface area contributed by atoms with E-state index in [2.05, 4.69) is 12.1 Å². The lowest BCUT2D eigenvalue weighted by atomic mass is 9.87. The van der Waals surface area contributed by atoms with Crippen LogP contribution in [0, 0.1) is 0 Å². The van der Waals surface area contributed by atoms with E-state index in [1.54, 1.807) is 7.11 Å². The van der Waals surface area contributed by atoms with E-state index in [9.17, 15) is 4.79 Å². The molecule has 0 saturated carbocycles. The Morgan fingerprint density at radius 2 is 1.81 bits per heavy atom. The van der Waals surface area contributed by atoms with Crippen molar-refractivity contribution in [1.82, 2.24) is 4.90 Å². The van der Waals surface area contributed by atoms with Gasteiger partial charge in [-0.15, -0.1) is 0 Å². The zero-order valence-corrected chi connectivity index (χ0v) is 12.4. The van der Waals surface area contributed by atoms with Crippen LogP contribution in [0.15, 0.2) is 48.5 Å². The lowest BCUT2D eigenvalue weighted by Crippen LogP contribution is -2.31. The van der Waals surface area contributed by atoms with Crippen LogP contribution in [0.5, 0.6) is 5.75 Å². The van der Waals surface area contributed by atoms with E-state index >= 15 is 0 Å². The molecule has 1 heterocycles. The predicted octanol–water partition coefficient (Wildman–Crippen LogP) is 2.84. The number of hydrogen-bond acceptors (Lipinski definition) is 2. The molecule has 3 rings (SSSR count). The summed E-state index contributed by atoms with van der Waals surface area (Å²) in [4.78, 5) is 14.6. The molecule has 0 saturated heterocycles. The minimum absolute atomic E-state index is 0.158. The summed E-state index contributed by atoms with van der Waals surface area (Å²) in [7, 11) is 3.53. The summed E-state index contributed by atoms with van der Waals surface area (Å²) in [5, 5.41) is 0. The van der Waals surface area contributed by atoms with E-state index in [-0.39, 0.29) is 11.8 Å². The van der Waals surface area contributed by atoms with Crippen molar-refractivity contribution in [2.45, 2.75) is 12.3 Å². The Morgan fingerprint density at radius 3 is 2.52 bits per heavy atom. The third-order valence-corrected chi connectivity index (χ3v) is 4.15. The van der Waals surface area contributed by atoms with Gasteiger partial charge >= 0.3 is 0 Å². The van der Waals surface area contributed by atoms with Crippen molar-refractivity contribution in [3.8, 4) is 5.75 Å². The molecule has 3 heteroatoms. The van der Waals surface area contributed by atoms with Gasteiger partial charge in [-0.25, -0.2) is 0 Å². The Labute approximate surface area is 125 Å². The van der Waals surface area contributed by atoms with Crippen LogP contribution >= 0.6 is 0 Å². The molecule has 0 spiro atoms. The highest BCUT2D eigenvalue weighted by Crippen LogP contribution is 2.32. The first kappa shape index (κ1) is 13.7. The molecule has 0 bridgehead atoms. The zero-order chi connectivity index (χ0) is 14.8. The van der Waals surface area contributed by atoms with Gasteiger partial charge in [-0.3, -0.25) is 4.79 Å². The minimum Gasteiger partial charge on any atom is -0.497 e. The topological polar surface area (TPSA) is 29.5 Å². The third-order valence-electron chi connectivity index (χ3n) is 4.15. The number of carbonyl (C=O) groups is 1. The van der Waals surface area contributed by atoms with Crippen molar-refractivity contribution in [3.05, 3.63) is 65.2 Å². The Kier molecular flexibility index (Phi) is 3.65. The molecule has 2 aromatic carbocycles. The summed E-state index contributed by atoms with van der Waals surface area (Å²) in [6.07, 6.45) is 0.908. The number of fused-ring (bicyclic) bond motifs is 1. The molecule has 2 aromatic rings. The van der Waals surface area contributed by atoms with Gasteiger partial charge in [0.05, 0.1) is 13.0 Å². The molecule has 1 amide bonds. The van der Waals surface area contributed by atoms with Gasteiger partial charge in [0.15, 0.2) is 0 Å². The van der Waals surface area contributed by atoms with Crippen LogP contribution in [0.1, 0.15) is 22.6 Å². The molecule has 0 unspecified atom stereocenters. The average Bonchev–Trinajstić information content (AvgIpc) is 2.65. The Hall–Kier alpha value is -2.29. The second kappa shape index (κ2) is 5.60. The molecule has 3 nitrogen and oxygen atoms in total. The third kappa shape index (κ3) is 2.51. The maximum absolute atomic E-state index is 12.8. The number of methoxy groups -OCH3 is 1. The van der Waals surface area contributed by atoms with Gasteiger partial charge in [0.1, 0.15) is 5.75 Å². The van der Waals surface area contributed by atoms with Gasteiger partial charge in [0.25, 0.3) is 0 Å². The van der Waals surface area contributed by atoms with E-state index in [0.29, 0.717) is 0 Å². The average molecular weight is 281 g/mol. The highest BCUT2D eigenvalue weighted by Gasteiger charge is 2.30. The molecule has 0 fully saturated rings. The maximum Gasteiger partial charge on any atom is 0.234 e. The van der Waals surface area contributed by atoms with Crippen LogP contribution in [-0.2, 0) is 11.2 Å². The molecule has 1 aliphatic heterocycles.